The van der Waals surface area contributed by atoms with E-state index in [1.807, 2.05) is 13.0 Å². The monoisotopic (exact) mass is 331 g/mol. The fourth-order valence-electron chi connectivity index (χ4n) is 1.85. The number of anilines is 1. The Labute approximate surface area is 138 Å². The molecule has 1 atom stereocenters. The fraction of sp³-hybridized carbons (Fsp3) is 0.235. The zero-order valence-corrected chi connectivity index (χ0v) is 13.9. The van der Waals surface area contributed by atoms with Crippen LogP contribution in [0.4, 0.5) is 5.69 Å². The Balaban J connectivity index is 1.94. The largest absolute Gasteiger partial charge is 0.448 e. The van der Waals surface area contributed by atoms with Gasteiger partial charge in [0.15, 0.2) is 11.9 Å². The third-order valence-corrected chi connectivity index (χ3v) is 4.13. The van der Waals surface area contributed by atoms with E-state index in [0.29, 0.717) is 16.1 Å². The summed E-state index contributed by atoms with van der Waals surface area (Å²) in [5.74, 6) is -0.990. The smallest absolute Gasteiger partial charge is 0.349 e. The number of hydrogen-bond acceptors (Lipinski definition) is 5. The van der Waals surface area contributed by atoms with E-state index in [1.54, 1.807) is 30.3 Å². The molecule has 6 heteroatoms. The molecule has 1 heterocycles. The van der Waals surface area contributed by atoms with E-state index in [4.69, 9.17) is 4.74 Å². The molecule has 0 saturated carbocycles. The minimum Gasteiger partial charge on any atom is -0.448 e. The first-order valence-electron chi connectivity index (χ1n) is 7.06. The van der Waals surface area contributed by atoms with Gasteiger partial charge in [-0.2, -0.15) is 0 Å². The number of carbonyl (C=O) groups is 3. The van der Waals surface area contributed by atoms with Crippen LogP contribution in [-0.2, 0) is 9.53 Å². The van der Waals surface area contributed by atoms with Crippen molar-refractivity contribution in [2.45, 2.75) is 26.9 Å². The first-order valence-corrected chi connectivity index (χ1v) is 7.88. The first-order chi connectivity index (χ1) is 10.9. The summed E-state index contributed by atoms with van der Waals surface area (Å²) in [5, 5.41) is 2.65. The standard InChI is InChI=1S/C17H17NO4S/c1-10-4-9-15(23-10)17(21)22-12(3)16(20)18-14-7-5-13(6-8-14)11(2)19/h4-9,12H,1-3H3,(H,18,20)/t12-/m1/s1. The third-order valence-electron chi connectivity index (χ3n) is 3.15. The van der Waals surface area contributed by atoms with Crippen LogP contribution in [0, 0.1) is 6.92 Å². The van der Waals surface area contributed by atoms with Crippen molar-refractivity contribution >= 4 is 34.7 Å². The maximum atomic E-state index is 12.1. The second-order valence-electron chi connectivity index (χ2n) is 5.08. The molecule has 2 rings (SSSR count). The van der Waals surface area contributed by atoms with Gasteiger partial charge in [0.05, 0.1) is 0 Å². The van der Waals surface area contributed by atoms with E-state index in [0.717, 1.165) is 4.88 Å². The number of carbonyl (C=O) groups excluding carboxylic acids is 3. The number of rotatable bonds is 5. The number of ketones is 1. The Morgan fingerprint density at radius 3 is 2.26 bits per heavy atom. The number of aryl methyl sites for hydroxylation is 1. The second-order valence-corrected chi connectivity index (χ2v) is 6.37. The number of ether oxygens (including phenoxy) is 1. The Kier molecular flexibility index (Phi) is 5.28. The van der Waals surface area contributed by atoms with Crippen LogP contribution in [0.15, 0.2) is 36.4 Å². The van der Waals surface area contributed by atoms with Crippen LogP contribution in [0.5, 0.6) is 0 Å². The minimum atomic E-state index is -0.919. The van der Waals surface area contributed by atoms with Crippen molar-refractivity contribution < 1.29 is 19.1 Å². The molecule has 0 aliphatic heterocycles. The third kappa shape index (κ3) is 4.50. The maximum absolute atomic E-state index is 12.1. The fourth-order valence-corrected chi connectivity index (χ4v) is 2.60. The molecule has 0 unspecified atom stereocenters. The van der Waals surface area contributed by atoms with Gasteiger partial charge in [0.2, 0.25) is 0 Å². The van der Waals surface area contributed by atoms with Gasteiger partial charge in [-0.25, -0.2) is 4.79 Å². The van der Waals surface area contributed by atoms with Gasteiger partial charge in [-0.05, 0) is 57.2 Å². The summed E-state index contributed by atoms with van der Waals surface area (Å²) in [6, 6.07) is 10.0. The molecular weight excluding hydrogens is 314 g/mol. The van der Waals surface area contributed by atoms with Crippen molar-refractivity contribution in [1.82, 2.24) is 0 Å². The quantitative estimate of drug-likeness (QED) is 0.673. The molecule has 5 nitrogen and oxygen atoms in total. The molecule has 0 aliphatic rings. The SMILES string of the molecule is CC(=O)c1ccc(NC(=O)[C@@H](C)OC(=O)c2ccc(C)s2)cc1. The number of nitrogens with one attached hydrogen (secondary N) is 1. The van der Waals surface area contributed by atoms with Gasteiger partial charge in [0.25, 0.3) is 5.91 Å². The second kappa shape index (κ2) is 7.19. The van der Waals surface area contributed by atoms with Crippen molar-refractivity contribution in [3.8, 4) is 0 Å². The molecule has 0 fully saturated rings. The van der Waals surface area contributed by atoms with Crippen molar-refractivity contribution in [3.05, 3.63) is 51.7 Å². The summed E-state index contributed by atoms with van der Waals surface area (Å²) >= 11 is 1.32. The molecular formula is C17H17NO4S. The predicted octanol–water partition coefficient (Wildman–Crippen LogP) is 3.44. The molecule has 1 aromatic heterocycles. The summed E-state index contributed by atoms with van der Waals surface area (Å²) in [7, 11) is 0. The van der Waals surface area contributed by atoms with Gasteiger partial charge in [-0.15, -0.1) is 11.3 Å². The van der Waals surface area contributed by atoms with Crippen LogP contribution < -0.4 is 5.32 Å². The van der Waals surface area contributed by atoms with Crippen LogP contribution in [-0.4, -0.2) is 23.8 Å². The molecule has 1 N–H and O–H groups in total. The van der Waals surface area contributed by atoms with E-state index in [2.05, 4.69) is 5.32 Å². The lowest BCUT2D eigenvalue weighted by Crippen LogP contribution is -2.29. The number of amides is 1. The summed E-state index contributed by atoms with van der Waals surface area (Å²) in [5.41, 5.74) is 1.10. The summed E-state index contributed by atoms with van der Waals surface area (Å²) in [6.45, 7) is 4.88. The average Bonchev–Trinajstić information content (AvgIpc) is 2.94. The van der Waals surface area contributed by atoms with Crippen molar-refractivity contribution in [2.24, 2.45) is 0 Å². The van der Waals surface area contributed by atoms with E-state index < -0.39 is 18.0 Å². The molecule has 1 amide bonds. The molecule has 23 heavy (non-hydrogen) atoms. The molecule has 0 aliphatic carbocycles. The zero-order chi connectivity index (χ0) is 17.0. The number of thiophene rings is 1. The Bertz CT molecular complexity index is 733. The van der Waals surface area contributed by atoms with E-state index >= 15 is 0 Å². The van der Waals surface area contributed by atoms with Crippen LogP contribution in [0.2, 0.25) is 0 Å². The van der Waals surface area contributed by atoms with Gasteiger partial charge in [0, 0.05) is 16.1 Å². The van der Waals surface area contributed by atoms with Gasteiger partial charge in [-0.3, -0.25) is 9.59 Å². The van der Waals surface area contributed by atoms with Gasteiger partial charge in [-0.1, -0.05) is 0 Å². The summed E-state index contributed by atoms with van der Waals surface area (Å²) in [6.07, 6.45) is -0.919. The van der Waals surface area contributed by atoms with E-state index in [1.165, 1.54) is 25.2 Å². The lowest BCUT2D eigenvalue weighted by molar-refractivity contribution is -0.123. The lowest BCUT2D eigenvalue weighted by atomic mass is 10.1. The molecule has 0 radical (unpaired) electrons. The number of benzene rings is 1. The highest BCUT2D eigenvalue weighted by Gasteiger charge is 2.20. The zero-order valence-electron chi connectivity index (χ0n) is 13.1. The Morgan fingerprint density at radius 1 is 1.09 bits per heavy atom. The minimum absolute atomic E-state index is 0.0450. The number of Topliss-reactive ketones (excluding diaryl/α,β-unsaturated/α-hetero) is 1. The highest BCUT2D eigenvalue weighted by molar-refractivity contribution is 7.13. The molecule has 1 aromatic carbocycles. The number of esters is 1. The lowest BCUT2D eigenvalue weighted by Gasteiger charge is -2.13. The molecule has 0 saturated heterocycles. The van der Waals surface area contributed by atoms with E-state index in [-0.39, 0.29) is 5.78 Å². The van der Waals surface area contributed by atoms with Crippen molar-refractivity contribution in [1.29, 1.82) is 0 Å². The molecule has 2 aromatic rings. The average molecular weight is 331 g/mol. The summed E-state index contributed by atoms with van der Waals surface area (Å²) in [4.78, 5) is 36.6. The van der Waals surface area contributed by atoms with Crippen molar-refractivity contribution in [3.63, 3.8) is 0 Å². The van der Waals surface area contributed by atoms with Gasteiger partial charge in [0.1, 0.15) is 4.88 Å². The molecule has 120 valence electrons. The predicted molar refractivity (Wildman–Crippen MR) is 89.0 cm³/mol. The Morgan fingerprint density at radius 2 is 1.74 bits per heavy atom. The van der Waals surface area contributed by atoms with Gasteiger partial charge >= 0.3 is 5.97 Å². The number of hydrogen-bond donors (Lipinski definition) is 1. The van der Waals surface area contributed by atoms with Crippen LogP contribution >= 0.6 is 11.3 Å². The maximum Gasteiger partial charge on any atom is 0.349 e. The Hall–Kier alpha value is -2.47. The summed E-state index contributed by atoms with van der Waals surface area (Å²) < 4.78 is 5.15. The van der Waals surface area contributed by atoms with Gasteiger partial charge < -0.3 is 10.1 Å². The molecule has 0 spiro atoms. The topological polar surface area (TPSA) is 72.5 Å². The van der Waals surface area contributed by atoms with Crippen LogP contribution in [0.25, 0.3) is 0 Å². The molecule has 0 bridgehead atoms. The van der Waals surface area contributed by atoms with Crippen molar-refractivity contribution in [2.75, 3.05) is 5.32 Å². The first kappa shape index (κ1) is 16.9. The van der Waals surface area contributed by atoms with Crippen LogP contribution in [0.1, 0.15) is 38.8 Å². The normalized spacial score (nSPS) is 11.6. The van der Waals surface area contributed by atoms with E-state index in [9.17, 15) is 14.4 Å². The highest BCUT2D eigenvalue weighted by Crippen LogP contribution is 2.17. The highest BCUT2D eigenvalue weighted by atomic mass is 32.1. The van der Waals surface area contributed by atoms with Crippen LogP contribution in [0.3, 0.4) is 0 Å².